The van der Waals surface area contributed by atoms with Crippen molar-refractivity contribution in [3.8, 4) is 0 Å². The monoisotopic (exact) mass is 442 g/mol. The molecule has 0 unspecified atom stereocenters. The van der Waals surface area contributed by atoms with Gasteiger partial charge in [-0.05, 0) is 23.3 Å². The van der Waals surface area contributed by atoms with Crippen LogP contribution in [-0.2, 0) is 9.16 Å². The summed E-state index contributed by atoms with van der Waals surface area (Å²) in [7, 11) is 1.66. The van der Waals surface area contributed by atoms with Crippen molar-refractivity contribution in [2.45, 2.75) is 6.42 Å². The minimum atomic E-state index is -0.0103. The first-order chi connectivity index (χ1) is 16.9. The van der Waals surface area contributed by atoms with Gasteiger partial charge in [0.25, 0.3) is 0 Å². The summed E-state index contributed by atoms with van der Waals surface area (Å²) in [5.41, 5.74) is 6.62. The second kappa shape index (κ2) is 10.2. The van der Waals surface area contributed by atoms with Crippen LogP contribution < -0.4 is 0 Å². The third kappa shape index (κ3) is 4.35. The van der Waals surface area contributed by atoms with Crippen molar-refractivity contribution < 1.29 is 9.16 Å². The third-order valence-electron chi connectivity index (χ3n) is 6.06. The summed E-state index contributed by atoms with van der Waals surface area (Å²) in [4.78, 5) is 0. The molecule has 0 N–H and O–H groups in total. The first-order valence-electron chi connectivity index (χ1n) is 11.5. The number of hydrogen-bond acceptors (Lipinski definition) is 1. The van der Waals surface area contributed by atoms with Gasteiger partial charge in [-0.1, -0.05) is 128 Å². The maximum atomic E-state index is 6.89. The second-order valence-electron chi connectivity index (χ2n) is 8.16. The predicted molar refractivity (Wildman–Crippen MR) is 140 cm³/mol. The second-order valence-corrected chi connectivity index (χ2v) is 8.16. The van der Waals surface area contributed by atoms with Gasteiger partial charge in [-0.25, -0.2) is 0 Å². The zero-order valence-corrected chi connectivity index (χ0v) is 19.1. The van der Waals surface area contributed by atoms with Gasteiger partial charge in [-0.15, -0.1) is 0 Å². The SMILES string of the molecule is C[O+]=[C-]CC1C(c2ccccc2)=C(c2ccccc2)OC(c2ccccc2)=C1c1ccccc1. The molecule has 2 nitrogen and oxygen atoms in total. The van der Waals surface area contributed by atoms with Crippen LogP contribution in [0.1, 0.15) is 28.7 Å². The largest absolute Gasteiger partial charge is 0.459 e. The lowest BCUT2D eigenvalue weighted by Gasteiger charge is -2.34. The zero-order chi connectivity index (χ0) is 23.2. The molecule has 4 aromatic carbocycles. The van der Waals surface area contributed by atoms with Gasteiger partial charge < -0.3 is 9.16 Å². The zero-order valence-electron chi connectivity index (χ0n) is 19.1. The highest BCUT2D eigenvalue weighted by Crippen LogP contribution is 2.50. The van der Waals surface area contributed by atoms with Crippen LogP contribution in [0.5, 0.6) is 0 Å². The van der Waals surface area contributed by atoms with Gasteiger partial charge in [-0.3, -0.25) is 0 Å². The molecule has 0 saturated heterocycles. The van der Waals surface area contributed by atoms with Crippen LogP contribution in [0.3, 0.4) is 0 Å². The normalized spacial score (nSPS) is 14.5. The van der Waals surface area contributed by atoms with E-state index in [1.807, 2.05) is 24.3 Å². The van der Waals surface area contributed by atoms with Crippen LogP contribution in [0, 0.1) is 5.92 Å². The van der Waals surface area contributed by atoms with Crippen molar-refractivity contribution in [3.63, 3.8) is 0 Å². The van der Waals surface area contributed by atoms with Crippen LogP contribution in [-0.4, -0.2) is 13.4 Å². The van der Waals surface area contributed by atoms with Crippen molar-refractivity contribution in [3.05, 3.63) is 144 Å². The molecule has 34 heavy (non-hydrogen) atoms. The number of benzene rings is 4. The van der Waals surface area contributed by atoms with E-state index >= 15 is 0 Å². The summed E-state index contributed by atoms with van der Waals surface area (Å²) in [5.74, 6) is 1.73. The summed E-state index contributed by atoms with van der Waals surface area (Å²) >= 11 is 0. The van der Waals surface area contributed by atoms with Crippen LogP contribution >= 0.6 is 0 Å². The highest BCUT2D eigenvalue weighted by molar-refractivity contribution is 6.05. The number of hydrogen-bond donors (Lipinski definition) is 0. The number of rotatable bonds is 6. The van der Waals surface area contributed by atoms with Gasteiger partial charge in [0.15, 0.2) is 0 Å². The Hall–Kier alpha value is -4.17. The Morgan fingerprint density at radius 3 is 1.26 bits per heavy atom. The van der Waals surface area contributed by atoms with Crippen molar-refractivity contribution in [1.82, 2.24) is 0 Å². The average Bonchev–Trinajstić information content (AvgIpc) is 2.93. The topological polar surface area (TPSA) is 20.5 Å². The van der Waals surface area contributed by atoms with E-state index in [0.717, 1.165) is 44.9 Å². The Kier molecular flexibility index (Phi) is 6.49. The van der Waals surface area contributed by atoms with E-state index < -0.39 is 0 Å². The molecule has 4 aromatic rings. The Balaban J connectivity index is 1.83. The van der Waals surface area contributed by atoms with E-state index in [-0.39, 0.29) is 5.92 Å². The Morgan fingerprint density at radius 2 is 0.912 bits per heavy atom. The Labute approximate surface area is 201 Å². The molecule has 1 aliphatic heterocycles. The molecule has 0 fully saturated rings. The van der Waals surface area contributed by atoms with Crippen LogP contribution in [0.15, 0.2) is 121 Å². The molecule has 5 rings (SSSR count). The fraction of sp³-hybridized carbons (Fsp3) is 0.0938. The highest BCUT2D eigenvalue weighted by Gasteiger charge is 2.33. The minimum absolute atomic E-state index is 0.0103. The van der Waals surface area contributed by atoms with Crippen molar-refractivity contribution in [1.29, 1.82) is 0 Å². The van der Waals surface area contributed by atoms with Gasteiger partial charge in [0.05, 0.1) is 0 Å². The predicted octanol–water partition coefficient (Wildman–Crippen LogP) is 7.44. The summed E-state index contributed by atoms with van der Waals surface area (Å²) in [5, 5.41) is 0. The molecule has 2 heteroatoms. The molecule has 0 aromatic heterocycles. The fourth-order valence-corrected chi connectivity index (χ4v) is 4.55. The summed E-state index contributed by atoms with van der Waals surface area (Å²) in [6.07, 6.45) is 3.74. The third-order valence-corrected chi connectivity index (χ3v) is 6.06. The number of allylic oxidation sites excluding steroid dienone is 2. The molecule has 0 radical (unpaired) electrons. The Bertz CT molecular complexity index is 1220. The van der Waals surface area contributed by atoms with E-state index in [1.54, 1.807) is 7.11 Å². The molecule has 1 aliphatic rings. The lowest BCUT2D eigenvalue weighted by Crippen LogP contribution is -2.18. The first kappa shape index (κ1) is 21.7. The summed E-state index contributed by atoms with van der Waals surface area (Å²) < 4.78 is 12.3. The molecular weight excluding hydrogens is 416 g/mol. The standard InChI is InChI=1S/C32H26O2/c1-33-23-22-28-29(24-14-6-2-7-15-24)31(26-18-10-4-11-19-26)34-32(27-20-12-5-13-21-27)30(28)25-16-8-3-9-17-25/h2-21,28H,22H2,1H3. The molecule has 1 heterocycles. The molecule has 0 saturated carbocycles. The summed E-state index contributed by atoms with van der Waals surface area (Å²) in [6.45, 7) is 0. The smallest absolute Gasteiger partial charge is 0.208 e. The van der Waals surface area contributed by atoms with E-state index in [4.69, 9.17) is 9.16 Å². The van der Waals surface area contributed by atoms with Gasteiger partial charge in [0.1, 0.15) is 11.5 Å². The maximum absolute atomic E-state index is 6.89. The number of ether oxygens (including phenoxy) is 1. The van der Waals surface area contributed by atoms with Gasteiger partial charge >= 0.3 is 0 Å². The van der Waals surface area contributed by atoms with Gasteiger partial charge in [-0.2, -0.15) is 0 Å². The van der Waals surface area contributed by atoms with Crippen molar-refractivity contribution >= 4 is 29.0 Å². The molecule has 0 atom stereocenters. The molecular formula is C32H26O2. The van der Waals surface area contributed by atoms with Gasteiger partial charge in [0.2, 0.25) is 7.11 Å². The molecule has 0 bridgehead atoms. The lowest BCUT2D eigenvalue weighted by molar-refractivity contribution is 0.180. The van der Waals surface area contributed by atoms with Gasteiger partial charge in [0, 0.05) is 22.3 Å². The summed E-state index contributed by atoms with van der Waals surface area (Å²) in [6, 6.07) is 41.7. The maximum Gasteiger partial charge on any atom is 0.208 e. The molecule has 166 valence electrons. The van der Waals surface area contributed by atoms with Crippen LogP contribution in [0.4, 0.5) is 0 Å². The van der Waals surface area contributed by atoms with E-state index in [1.165, 1.54) is 0 Å². The van der Waals surface area contributed by atoms with Crippen molar-refractivity contribution in [2.24, 2.45) is 5.92 Å². The number of carbonyl (C=O) groups excluding carboxylic acids is 1. The molecule has 0 aliphatic carbocycles. The molecule has 0 spiro atoms. The minimum Gasteiger partial charge on any atom is -0.459 e. The van der Waals surface area contributed by atoms with Crippen LogP contribution in [0.2, 0.25) is 0 Å². The first-order valence-corrected chi connectivity index (χ1v) is 11.5. The van der Waals surface area contributed by atoms with Crippen LogP contribution in [0.25, 0.3) is 22.7 Å². The van der Waals surface area contributed by atoms with E-state index in [2.05, 4.69) is 103 Å². The van der Waals surface area contributed by atoms with E-state index in [0.29, 0.717) is 6.42 Å². The fourth-order valence-electron chi connectivity index (χ4n) is 4.55. The quantitative estimate of drug-likeness (QED) is 0.225. The highest BCUT2D eigenvalue weighted by atomic mass is 16.5. The lowest BCUT2D eigenvalue weighted by atomic mass is 9.77. The van der Waals surface area contributed by atoms with Crippen molar-refractivity contribution in [2.75, 3.05) is 7.11 Å². The molecule has 0 amide bonds. The Morgan fingerprint density at radius 1 is 0.559 bits per heavy atom. The van der Waals surface area contributed by atoms with E-state index in [9.17, 15) is 0 Å². The average molecular weight is 443 g/mol.